The van der Waals surface area contributed by atoms with Crippen LogP contribution in [0.15, 0.2) is 59.3 Å². The second-order valence-electron chi connectivity index (χ2n) is 6.62. The van der Waals surface area contributed by atoms with Gasteiger partial charge in [-0.05, 0) is 40.2 Å². The number of halogens is 1. The minimum absolute atomic E-state index is 0.0606. The molecule has 0 radical (unpaired) electrons. The maximum atomic E-state index is 12.8. The second-order valence-corrected chi connectivity index (χ2v) is 7.47. The number of rotatable bonds is 4. The first-order chi connectivity index (χ1) is 13.5. The van der Waals surface area contributed by atoms with Crippen molar-refractivity contribution in [1.82, 2.24) is 14.8 Å². The van der Waals surface area contributed by atoms with Crippen LogP contribution in [0.1, 0.15) is 6.42 Å². The molecule has 1 fully saturated rings. The normalized spacial score (nSPS) is 16.4. The van der Waals surface area contributed by atoms with Gasteiger partial charge in [0.1, 0.15) is 5.82 Å². The third kappa shape index (κ3) is 3.55. The summed E-state index contributed by atoms with van der Waals surface area (Å²) in [4.78, 5) is 30.9. The average Bonchev–Trinajstić information content (AvgIpc) is 3.26. The fraction of sp³-hybridized carbons (Fsp3) is 0.200. The van der Waals surface area contributed by atoms with E-state index in [1.807, 2.05) is 42.5 Å². The van der Waals surface area contributed by atoms with Crippen molar-refractivity contribution < 1.29 is 9.59 Å². The summed E-state index contributed by atoms with van der Waals surface area (Å²) in [7, 11) is 1.77. The Morgan fingerprint density at radius 3 is 2.71 bits per heavy atom. The number of hydrogen-bond acceptors (Lipinski definition) is 4. The Labute approximate surface area is 170 Å². The van der Waals surface area contributed by atoms with Gasteiger partial charge >= 0.3 is 0 Å². The number of aromatic nitrogens is 3. The molecule has 7 nitrogen and oxygen atoms in total. The van der Waals surface area contributed by atoms with Crippen molar-refractivity contribution in [3.63, 3.8) is 0 Å². The molecule has 2 amide bonds. The first-order valence-electron chi connectivity index (χ1n) is 8.83. The largest absolute Gasteiger partial charge is 0.311 e. The fourth-order valence-electron chi connectivity index (χ4n) is 3.26. The Balaban J connectivity index is 1.48. The smallest absolute Gasteiger partial charge is 0.230 e. The highest BCUT2D eigenvalue weighted by atomic mass is 79.9. The number of nitrogens with one attached hydrogen (secondary N) is 1. The van der Waals surface area contributed by atoms with Crippen LogP contribution in [0.25, 0.3) is 11.3 Å². The van der Waals surface area contributed by atoms with Crippen LogP contribution in [-0.4, -0.2) is 33.1 Å². The molecule has 3 heterocycles. The van der Waals surface area contributed by atoms with Crippen molar-refractivity contribution in [3.8, 4) is 11.3 Å². The summed E-state index contributed by atoms with van der Waals surface area (Å²) < 4.78 is 2.45. The number of anilines is 2. The zero-order valence-corrected chi connectivity index (χ0v) is 16.8. The molecule has 4 rings (SSSR count). The molecule has 28 heavy (non-hydrogen) atoms. The third-order valence-corrected chi connectivity index (χ3v) is 5.42. The predicted molar refractivity (Wildman–Crippen MR) is 110 cm³/mol. The minimum atomic E-state index is -0.418. The Hall–Kier alpha value is -3.00. The van der Waals surface area contributed by atoms with E-state index in [1.165, 1.54) is 0 Å². The van der Waals surface area contributed by atoms with Crippen molar-refractivity contribution >= 4 is 39.2 Å². The van der Waals surface area contributed by atoms with Crippen LogP contribution in [-0.2, 0) is 16.6 Å². The maximum Gasteiger partial charge on any atom is 0.230 e. The van der Waals surface area contributed by atoms with Gasteiger partial charge in [-0.25, -0.2) is 0 Å². The monoisotopic (exact) mass is 439 g/mol. The van der Waals surface area contributed by atoms with Gasteiger partial charge < -0.3 is 10.2 Å². The molecule has 8 heteroatoms. The van der Waals surface area contributed by atoms with Crippen LogP contribution in [0, 0.1) is 5.92 Å². The standard InChI is InChI=1S/C20H18BrN5O2/c1-25-18(11-16(24-25)13-6-8-22-9-7-13)23-20(28)14-10-19(27)26(12-14)17-5-3-2-4-15(17)21/h2-9,11,14H,10,12H2,1H3,(H,23,28). The number of aryl methyl sites for hydroxylation is 1. The van der Waals surface area contributed by atoms with E-state index < -0.39 is 5.92 Å². The van der Waals surface area contributed by atoms with Gasteiger partial charge in [-0.3, -0.25) is 19.3 Å². The zero-order valence-electron chi connectivity index (χ0n) is 15.2. The fourth-order valence-corrected chi connectivity index (χ4v) is 3.76. The Morgan fingerprint density at radius 1 is 1.21 bits per heavy atom. The van der Waals surface area contributed by atoms with Crippen LogP contribution in [0.5, 0.6) is 0 Å². The van der Waals surface area contributed by atoms with E-state index in [-0.39, 0.29) is 18.2 Å². The Bertz CT molecular complexity index is 1030. The van der Waals surface area contributed by atoms with Gasteiger partial charge in [0.25, 0.3) is 0 Å². The molecule has 3 aromatic rings. The van der Waals surface area contributed by atoms with Gasteiger partial charge in [-0.1, -0.05) is 12.1 Å². The van der Waals surface area contributed by atoms with E-state index in [4.69, 9.17) is 0 Å². The van der Waals surface area contributed by atoms with Crippen molar-refractivity contribution in [2.45, 2.75) is 6.42 Å². The summed E-state index contributed by atoms with van der Waals surface area (Å²) >= 11 is 3.47. The number of benzene rings is 1. The van der Waals surface area contributed by atoms with Crippen LogP contribution >= 0.6 is 15.9 Å². The first kappa shape index (κ1) is 18.4. The number of carbonyl (C=O) groups is 2. The third-order valence-electron chi connectivity index (χ3n) is 4.75. The number of nitrogens with zero attached hydrogens (tertiary/aromatic N) is 4. The van der Waals surface area contributed by atoms with Crippen LogP contribution in [0.3, 0.4) is 0 Å². The Kier molecular flexibility index (Phi) is 4.95. The molecule has 2 aromatic heterocycles. The summed E-state index contributed by atoms with van der Waals surface area (Å²) in [6.45, 7) is 0.350. The topological polar surface area (TPSA) is 80.1 Å². The van der Waals surface area contributed by atoms with Gasteiger partial charge in [0.2, 0.25) is 11.8 Å². The van der Waals surface area contributed by atoms with Crippen molar-refractivity contribution in [2.75, 3.05) is 16.8 Å². The highest BCUT2D eigenvalue weighted by Crippen LogP contribution is 2.32. The number of pyridine rings is 1. The van der Waals surface area contributed by atoms with Crippen LogP contribution in [0.4, 0.5) is 11.5 Å². The predicted octanol–water partition coefficient (Wildman–Crippen LogP) is 3.24. The minimum Gasteiger partial charge on any atom is -0.311 e. The van der Waals surface area contributed by atoms with E-state index in [0.717, 1.165) is 21.4 Å². The lowest BCUT2D eigenvalue weighted by Gasteiger charge is -2.18. The van der Waals surface area contributed by atoms with Gasteiger partial charge in [0.05, 0.1) is 17.3 Å². The summed E-state index contributed by atoms with van der Waals surface area (Å²) in [6, 6.07) is 13.0. The molecule has 1 aromatic carbocycles. The lowest BCUT2D eigenvalue weighted by atomic mass is 10.1. The van der Waals surface area contributed by atoms with Gasteiger partial charge in [0.15, 0.2) is 0 Å². The molecule has 1 aliphatic heterocycles. The summed E-state index contributed by atoms with van der Waals surface area (Å²) in [5.74, 6) is -0.0794. The molecule has 0 spiro atoms. The lowest BCUT2D eigenvalue weighted by molar-refractivity contribution is -0.122. The van der Waals surface area contributed by atoms with Crippen LogP contribution < -0.4 is 10.2 Å². The summed E-state index contributed by atoms with van der Waals surface area (Å²) in [5.41, 5.74) is 2.45. The average molecular weight is 440 g/mol. The van der Waals surface area contributed by atoms with E-state index in [2.05, 4.69) is 31.3 Å². The maximum absolute atomic E-state index is 12.8. The van der Waals surface area contributed by atoms with E-state index in [0.29, 0.717) is 12.4 Å². The molecule has 1 N–H and O–H groups in total. The second kappa shape index (κ2) is 7.55. The molecule has 1 unspecified atom stereocenters. The molecule has 1 saturated heterocycles. The van der Waals surface area contributed by atoms with Gasteiger partial charge in [-0.15, -0.1) is 0 Å². The van der Waals surface area contributed by atoms with Crippen LogP contribution in [0.2, 0.25) is 0 Å². The molecule has 142 valence electrons. The van der Waals surface area contributed by atoms with Gasteiger partial charge in [0, 0.05) is 48.5 Å². The number of para-hydroxylation sites is 1. The van der Waals surface area contributed by atoms with Crippen molar-refractivity contribution in [1.29, 1.82) is 0 Å². The molecule has 0 saturated carbocycles. The number of carbonyl (C=O) groups excluding carboxylic acids is 2. The molecule has 1 atom stereocenters. The first-order valence-corrected chi connectivity index (χ1v) is 9.62. The molecular formula is C20H18BrN5O2. The number of hydrogen-bond donors (Lipinski definition) is 1. The number of amides is 2. The quantitative estimate of drug-likeness (QED) is 0.676. The highest BCUT2D eigenvalue weighted by molar-refractivity contribution is 9.10. The van der Waals surface area contributed by atoms with Gasteiger partial charge in [-0.2, -0.15) is 5.10 Å². The van der Waals surface area contributed by atoms with E-state index >= 15 is 0 Å². The van der Waals surface area contributed by atoms with E-state index in [1.54, 1.807) is 29.0 Å². The summed E-state index contributed by atoms with van der Waals surface area (Å²) in [6.07, 6.45) is 3.58. The zero-order chi connectivity index (χ0) is 19.7. The molecule has 0 aliphatic carbocycles. The van der Waals surface area contributed by atoms with Crippen molar-refractivity contribution in [3.05, 3.63) is 59.3 Å². The van der Waals surface area contributed by atoms with Crippen molar-refractivity contribution in [2.24, 2.45) is 13.0 Å². The molecule has 1 aliphatic rings. The molecule has 0 bridgehead atoms. The van der Waals surface area contributed by atoms with E-state index in [9.17, 15) is 9.59 Å². The lowest BCUT2D eigenvalue weighted by Crippen LogP contribution is -2.28. The Morgan fingerprint density at radius 2 is 1.96 bits per heavy atom. The molecular weight excluding hydrogens is 422 g/mol. The SMILES string of the molecule is Cn1nc(-c2ccncc2)cc1NC(=O)C1CC(=O)N(c2ccccc2Br)C1. The highest BCUT2D eigenvalue weighted by Gasteiger charge is 2.36. The summed E-state index contributed by atoms with van der Waals surface area (Å²) in [5, 5.41) is 7.35.